The van der Waals surface area contributed by atoms with Gasteiger partial charge in [0.25, 0.3) is 5.91 Å². The second-order valence-corrected chi connectivity index (χ2v) is 8.66. The standard InChI is InChI=1S/C24H30N2O3/c1-18-7-8-22(27)21(13-18)23(28)26-12-10-24(17-26)9-4-11-25(16-24)15-19-5-3-6-20(14-19)29-2/h3,5-8,13-14,27H,4,9-12,15-17H2,1-2H3/t24-/m0/s1. The van der Waals surface area contributed by atoms with Crippen LogP contribution in [-0.2, 0) is 6.54 Å². The van der Waals surface area contributed by atoms with E-state index in [1.54, 1.807) is 19.2 Å². The number of carbonyl (C=O) groups excluding carboxylic acids is 1. The van der Waals surface area contributed by atoms with Crippen molar-refractivity contribution in [3.8, 4) is 11.5 Å². The molecule has 2 fully saturated rings. The SMILES string of the molecule is COc1cccc(CN2CCC[C@]3(CCN(C(=O)c4cc(C)ccc4O)C3)C2)c1. The number of methoxy groups -OCH3 is 1. The predicted octanol–water partition coefficient (Wildman–Crippen LogP) is 3.84. The summed E-state index contributed by atoms with van der Waals surface area (Å²) in [6, 6.07) is 13.5. The number of aryl methyl sites for hydroxylation is 1. The van der Waals surface area contributed by atoms with Crippen LogP contribution in [0.1, 0.15) is 40.7 Å². The van der Waals surface area contributed by atoms with Crippen LogP contribution in [-0.4, -0.2) is 54.1 Å². The predicted molar refractivity (Wildman–Crippen MR) is 113 cm³/mol. The topological polar surface area (TPSA) is 53.0 Å². The van der Waals surface area contributed by atoms with Crippen molar-refractivity contribution < 1.29 is 14.6 Å². The molecule has 2 aromatic rings. The molecule has 1 N–H and O–H groups in total. The molecule has 154 valence electrons. The zero-order valence-corrected chi connectivity index (χ0v) is 17.4. The molecule has 1 amide bonds. The van der Waals surface area contributed by atoms with E-state index in [9.17, 15) is 9.90 Å². The van der Waals surface area contributed by atoms with Crippen LogP contribution in [0.15, 0.2) is 42.5 Å². The van der Waals surface area contributed by atoms with Gasteiger partial charge in [-0.25, -0.2) is 0 Å². The van der Waals surface area contributed by atoms with Crippen molar-refractivity contribution in [1.82, 2.24) is 9.80 Å². The molecule has 2 aliphatic rings. The van der Waals surface area contributed by atoms with Crippen LogP contribution in [0.5, 0.6) is 11.5 Å². The summed E-state index contributed by atoms with van der Waals surface area (Å²) in [5, 5.41) is 10.2. The molecule has 5 heteroatoms. The summed E-state index contributed by atoms with van der Waals surface area (Å²) in [5.74, 6) is 0.919. The van der Waals surface area contributed by atoms with E-state index in [1.165, 1.54) is 5.56 Å². The van der Waals surface area contributed by atoms with Gasteiger partial charge >= 0.3 is 0 Å². The van der Waals surface area contributed by atoms with Crippen LogP contribution in [0.2, 0.25) is 0 Å². The smallest absolute Gasteiger partial charge is 0.257 e. The number of carbonyl (C=O) groups is 1. The molecule has 1 atom stereocenters. The van der Waals surface area contributed by atoms with Gasteiger partial charge in [-0.15, -0.1) is 0 Å². The minimum atomic E-state index is -0.0482. The number of nitrogens with zero attached hydrogens (tertiary/aromatic N) is 2. The summed E-state index contributed by atoms with van der Waals surface area (Å²) in [7, 11) is 1.70. The van der Waals surface area contributed by atoms with Gasteiger partial charge in [0, 0.05) is 31.6 Å². The molecule has 0 radical (unpaired) electrons. The molecule has 1 spiro atoms. The molecular formula is C24H30N2O3. The molecule has 2 saturated heterocycles. The van der Waals surface area contributed by atoms with Crippen molar-refractivity contribution >= 4 is 5.91 Å². The molecule has 2 aliphatic heterocycles. The Kier molecular flexibility index (Phi) is 5.50. The second-order valence-electron chi connectivity index (χ2n) is 8.66. The number of hydrogen-bond donors (Lipinski definition) is 1. The monoisotopic (exact) mass is 394 g/mol. The average Bonchev–Trinajstić information content (AvgIpc) is 3.12. The fraction of sp³-hybridized carbons (Fsp3) is 0.458. The Morgan fingerprint density at radius 3 is 2.83 bits per heavy atom. The highest BCUT2D eigenvalue weighted by atomic mass is 16.5. The third-order valence-corrected chi connectivity index (χ3v) is 6.39. The first kappa shape index (κ1) is 19.8. The molecular weight excluding hydrogens is 364 g/mol. The lowest BCUT2D eigenvalue weighted by Gasteiger charge is -2.40. The van der Waals surface area contributed by atoms with Crippen LogP contribution in [0.25, 0.3) is 0 Å². The molecule has 4 rings (SSSR count). The summed E-state index contributed by atoms with van der Waals surface area (Å²) in [6.07, 6.45) is 3.34. The quantitative estimate of drug-likeness (QED) is 0.856. The van der Waals surface area contributed by atoms with E-state index in [4.69, 9.17) is 4.74 Å². The first-order chi connectivity index (χ1) is 14.0. The highest BCUT2D eigenvalue weighted by molar-refractivity contribution is 5.97. The fourth-order valence-corrected chi connectivity index (χ4v) is 4.91. The molecule has 0 aliphatic carbocycles. The van der Waals surface area contributed by atoms with Gasteiger partial charge in [-0.3, -0.25) is 9.69 Å². The lowest BCUT2D eigenvalue weighted by Crippen LogP contribution is -2.45. The Labute approximate surface area is 172 Å². The molecule has 2 aromatic carbocycles. The molecule has 0 aromatic heterocycles. The third-order valence-electron chi connectivity index (χ3n) is 6.39. The van der Waals surface area contributed by atoms with Crippen molar-refractivity contribution in [1.29, 1.82) is 0 Å². The number of phenolic OH excluding ortho intramolecular Hbond substituents is 1. The first-order valence-electron chi connectivity index (χ1n) is 10.4. The van der Waals surface area contributed by atoms with Crippen LogP contribution in [0.4, 0.5) is 0 Å². The van der Waals surface area contributed by atoms with Gasteiger partial charge in [0.1, 0.15) is 11.5 Å². The first-order valence-corrected chi connectivity index (χ1v) is 10.4. The van der Waals surface area contributed by atoms with Crippen molar-refractivity contribution in [2.45, 2.75) is 32.7 Å². The number of likely N-dealkylation sites (tertiary alicyclic amines) is 2. The second kappa shape index (κ2) is 8.07. The van der Waals surface area contributed by atoms with E-state index in [2.05, 4.69) is 17.0 Å². The van der Waals surface area contributed by atoms with Gasteiger partial charge < -0.3 is 14.7 Å². The minimum absolute atomic E-state index is 0.0482. The van der Waals surface area contributed by atoms with E-state index >= 15 is 0 Å². The fourth-order valence-electron chi connectivity index (χ4n) is 4.91. The number of rotatable bonds is 4. The Balaban J connectivity index is 1.43. The lowest BCUT2D eigenvalue weighted by molar-refractivity contribution is 0.0673. The normalized spacial score (nSPS) is 22.2. The summed E-state index contributed by atoms with van der Waals surface area (Å²) >= 11 is 0. The average molecular weight is 395 g/mol. The maximum atomic E-state index is 13.0. The van der Waals surface area contributed by atoms with Gasteiger partial charge in [-0.05, 0) is 62.6 Å². The van der Waals surface area contributed by atoms with Gasteiger partial charge in [0.05, 0.1) is 12.7 Å². The Hall–Kier alpha value is -2.53. The van der Waals surface area contributed by atoms with E-state index in [0.717, 1.165) is 63.3 Å². The Bertz CT molecular complexity index is 897. The van der Waals surface area contributed by atoms with Crippen molar-refractivity contribution in [3.63, 3.8) is 0 Å². The van der Waals surface area contributed by atoms with Crippen LogP contribution < -0.4 is 4.74 Å². The van der Waals surface area contributed by atoms with Crippen LogP contribution >= 0.6 is 0 Å². The summed E-state index contributed by atoms with van der Waals surface area (Å²) in [5.41, 5.74) is 2.83. The van der Waals surface area contributed by atoms with E-state index < -0.39 is 0 Å². The van der Waals surface area contributed by atoms with Gasteiger partial charge in [-0.2, -0.15) is 0 Å². The summed E-state index contributed by atoms with van der Waals surface area (Å²) < 4.78 is 5.35. The summed E-state index contributed by atoms with van der Waals surface area (Å²) in [6.45, 7) is 6.48. The molecule has 0 bridgehead atoms. The van der Waals surface area contributed by atoms with E-state index in [-0.39, 0.29) is 17.1 Å². The number of hydrogen-bond acceptors (Lipinski definition) is 4. The van der Waals surface area contributed by atoms with Gasteiger partial charge in [0.15, 0.2) is 0 Å². The number of aromatic hydroxyl groups is 1. The minimum Gasteiger partial charge on any atom is -0.507 e. The van der Waals surface area contributed by atoms with E-state index in [1.807, 2.05) is 30.0 Å². The number of ether oxygens (including phenoxy) is 1. The molecule has 0 saturated carbocycles. The maximum absolute atomic E-state index is 13.0. The van der Waals surface area contributed by atoms with Gasteiger partial charge in [-0.1, -0.05) is 23.8 Å². The Morgan fingerprint density at radius 2 is 2.00 bits per heavy atom. The van der Waals surface area contributed by atoms with Gasteiger partial charge in [0.2, 0.25) is 0 Å². The highest BCUT2D eigenvalue weighted by Crippen LogP contribution is 2.40. The zero-order valence-electron chi connectivity index (χ0n) is 17.4. The molecule has 2 heterocycles. The van der Waals surface area contributed by atoms with Crippen LogP contribution in [0, 0.1) is 12.3 Å². The number of piperidine rings is 1. The largest absolute Gasteiger partial charge is 0.507 e. The molecule has 5 nitrogen and oxygen atoms in total. The van der Waals surface area contributed by atoms with Crippen molar-refractivity contribution in [3.05, 3.63) is 59.2 Å². The van der Waals surface area contributed by atoms with Crippen LogP contribution in [0.3, 0.4) is 0 Å². The van der Waals surface area contributed by atoms with Crippen molar-refractivity contribution in [2.24, 2.45) is 5.41 Å². The number of phenols is 1. The van der Waals surface area contributed by atoms with Crippen molar-refractivity contribution in [2.75, 3.05) is 33.3 Å². The molecule has 29 heavy (non-hydrogen) atoms. The zero-order chi connectivity index (χ0) is 20.4. The molecule has 0 unspecified atom stereocenters. The number of benzene rings is 2. The van der Waals surface area contributed by atoms with E-state index in [0.29, 0.717) is 5.56 Å². The third kappa shape index (κ3) is 4.25. The number of amides is 1. The maximum Gasteiger partial charge on any atom is 0.257 e. The summed E-state index contributed by atoms with van der Waals surface area (Å²) in [4.78, 5) is 17.5. The lowest BCUT2D eigenvalue weighted by atomic mass is 9.79. The highest BCUT2D eigenvalue weighted by Gasteiger charge is 2.43. The Morgan fingerprint density at radius 1 is 1.14 bits per heavy atom.